The molecule has 7 rings (SSSR count). The molecule has 0 radical (unpaired) electrons. The molecule has 0 spiro atoms. The van der Waals surface area contributed by atoms with E-state index in [2.05, 4.69) is 23.5 Å². The summed E-state index contributed by atoms with van der Waals surface area (Å²) in [6.45, 7) is 9.02. The number of unbranched alkanes of at least 4 members (excludes halogenated alkanes) is 2. The summed E-state index contributed by atoms with van der Waals surface area (Å²) in [7, 11) is -4.32. The maximum absolute atomic E-state index is 14.6. The van der Waals surface area contributed by atoms with E-state index in [9.17, 15) is 22.8 Å². The number of fused-ring (bicyclic) bond motifs is 2. The van der Waals surface area contributed by atoms with Crippen LogP contribution in [0.4, 0.5) is 0 Å². The van der Waals surface area contributed by atoms with E-state index in [1.165, 1.54) is 16.8 Å². The van der Waals surface area contributed by atoms with Gasteiger partial charge in [-0.2, -0.15) is 5.10 Å². The number of hydrogen-bond acceptors (Lipinski definition) is 7. The fourth-order valence-electron chi connectivity index (χ4n) is 8.10. The van der Waals surface area contributed by atoms with Gasteiger partial charge < -0.3 is 14.7 Å². The molecule has 316 valence electrons. The summed E-state index contributed by atoms with van der Waals surface area (Å²) in [5.41, 5.74) is 4.89. The summed E-state index contributed by atoms with van der Waals surface area (Å²) >= 11 is 19.2. The van der Waals surface area contributed by atoms with Gasteiger partial charge in [-0.25, -0.2) is 17.8 Å². The predicted octanol–water partition coefficient (Wildman–Crippen LogP) is 9.14. The number of halogens is 3. The quantitative estimate of drug-likeness (QED) is 0.134. The Bertz CT molecular complexity index is 2490. The summed E-state index contributed by atoms with van der Waals surface area (Å²) < 4.78 is 31.5. The Morgan fingerprint density at radius 3 is 2.37 bits per heavy atom. The van der Waals surface area contributed by atoms with Crippen molar-refractivity contribution >= 4 is 62.5 Å². The number of nitrogens with zero attached hydrogens (tertiary/aromatic N) is 5. The van der Waals surface area contributed by atoms with Gasteiger partial charge in [0.25, 0.3) is 27.7 Å². The molecular weight excluding hydrogens is 843 g/mol. The zero-order valence-electron chi connectivity index (χ0n) is 34.0. The number of amides is 3. The molecule has 3 aliphatic rings. The number of carbonyl (C=O) groups excluding carboxylic acids is 3. The molecule has 1 aromatic heterocycles. The summed E-state index contributed by atoms with van der Waals surface area (Å²) in [6, 6.07) is 17.8. The first-order valence-electron chi connectivity index (χ1n) is 20.5. The zero-order chi connectivity index (χ0) is 42.7. The fraction of sp³-hybridized carbons (Fsp3) is 0.378. The van der Waals surface area contributed by atoms with Gasteiger partial charge in [-0.15, -0.1) is 0 Å². The van der Waals surface area contributed by atoms with Crippen molar-refractivity contribution in [3.05, 3.63) is 138 Å². The van der Waals surface area contributed by atoms with Gasteiger partial charge in [0, 0.05) is 56.4 Å². The van der Waals surface area contributed by atoms with Gasteiger partial charge in [-0.1, -0.05) is 97.9 Å². The standard InChI is InChI=1S/C45H49Cl3N6O5S/c1-4-6-20-51(21-7-5-2)45(57)42-41(48)29(3)54(49-42)39-17-14-33(25-36(39)44(56)53-23-18-31-10-8-9-11-34(31)28-53)43(55)50-60(58,59)35-15-13-32-19-22-52(40(32)26-35)27-30-12-16-37(46)38(47)24-30/h8-12,14-17,24-26,32H,4-7,13,18-23,27-28H2,1-3H3,(H,50,55). The van der Waals surface area contributed by atoms with Crippen LogP contribution in [0.2, 0.25) is 15.1 Å². The van der Waals surface area contributed by atoms with E-state index in [4.69, 9.17) is 39.9 Å². The van der Waals surface area contributed by atoms with Crippen LogP contribution in [0.1, 0.15) is 106 Å². The Morgan fingerprint density at radius 1 is 0.917 bits per heavy atom. The zero-order valence-corrected chi connectivity index (χ0v) is 37.1. The van der Waals surface area contributed by atoms with E-state index in [0.29, 0.717) is 67.0 Å². The van der Waals surface area contributed by atoms with Crippen molar-refractivity contribution in [1.82, 2.24) is 29.2 Å². The molecule has 1 saturated heterocycles. The average Bonchev–Trinajstić information content (AvgIpc) is 3.79. The molecule has 1 fully saturated rings. The van der Waals surface area contributed by atoms with Crippen LogP contribution >= 0.6 is 34.8 Å². The second-order valence-electron chi connectivity index (χ2n) is 15.6. The molecule has 1 atom stereocenters. The van der Waals surface area contributed by atoms with Crippen LogP contribution in [0, 0.1) is 12.8 Å². The molecule has 1 N–H and O–H groups in total. The van der Waals surface area contributed by atoms with Crippen molar-refractivity contribution in [2.75, 3.05) is 26.2 Å². The van der Waals surface area contributed by atoms with Crippen LogP contribution in [0.25, 0.3) is 5.69 Å². The number of likely N-dealkylation sites (tertiary alicyclic amines) is 1. The first kappa shape index (κ1) is 43.5. The maximum Gasteiger partial charge on any atom is 0.275 e. The predicted molar refractivity (Wildman–Crippen MR) is 236 cm³/mol. The SMILES string of the molecule is CCCCN(CCCC)C(=O)c1nn(-c2ccc(C(=O)NS(=O)(=O)C3=CCC4CCN(Cc5ccc(Cl)c(Cl)c5)C4=C3)cc2C(=O)N2CCc3ccccc3C2)c(C)c1Cl. The highest BCUT2D eigenvalue weighted by molar-refractivity contribution is 7.94. The smallest absolute Gasteiger partial charge is 0.275 e. The number of hydrogen-bond donors (Lipinski definition) is 1. The minimum absolute atomic E-state index is 0.00559. The van der Waals surface area contributed by atoms with Crippen LogP contribution in [0.15, 0.2) is 83.4 Å². The summed E-state index contributed by atoms with van der Waals surface area (Å²) in [5, 5.41) is 5.78. The van der Waals surface area contributed by atoms with Gasteiger partial charge in [-0.3, -0.25) is 14.4 Å². The first-order valence-corrected chi connectivity index (χ1v) is 23.1. The van der Waals surface area contributed by atoms with E-state index < -0.39 is 15.9 Å². The molecule has 4 aromatic rings. The summed E-state index contributed by atoms with van der Waals surface area (Å²) in [4.78, 5) is 48.0. The lowest BCUT2D eigenvalue weighted by Gasteiger charge is -2.29. The third kappa shape index (κ3) is 9.17. The van der Waals surface area contributed by atoms with E-state index in [-0.39, 0.29) is 44.5 Å². The highest BCUT2D eigenvalue weighted by Gasteiger charge is 2.34. The highest BCUT2D eigenvalue weighted by Crippen LogP contribution is 2.38. The highest BCUT2D eigenvalue weighted by atomic mass is 35.5. The molecular formula is C45H49Cl3N6O5S. The second-order valence-corrected chi connectivity index (χ2v) is 18.5. The largest absolute Gasteiger partial charge is 0.370 e. The minimum atomic E-state index is -4.32. The lowest BCUT2D eigenvalue weighted by Crippen LogP contribution is -2.37. The molecule has 15 heteroatoms. The van der Waals surface area contributed by atoms with E-state index >= 15 is 0 Å². The van der Waals surface area contributed by atoms with Gasteiger partial charge in [0.1, 0.15) is 0 Å². The third-order valence-corrected chi connectivity index (χ3v) is 14.1. The van der Waals surface area contributed by atoms with Crippen molar-refractivity contribution in [3.63, 3.8) is 0 Å². The monoisotopic (exact) mass is 890 g/mol. The molecule has 3 heterocycles. The first-order chi connectivity index (χ1) is 28.8. The number of sulfonamides is 1. The van der Waals surface area contributed by atoms with Gasteiger partial charge >= 0.3 is 0 Å². The number of nitrogens with one attached hydrogen (secondary N) is 1. The van der Waals surface area contributed by atoms with Gasteiger partial charge in [0.15, 0.2) is 5.69 Å². The minimum Gasteiger partial charge on any atom is -0.370 e. The molecule has 3 aromatic carbocycles. The number of benzene rings is 3. The Morgan fingerprint density at radius 2 is 1.65 bits per heavy atom. The molecule has 0 saturated carbocycles. The van der Waals surface area contributed by atoms with Crippen molar-refractivity contribution in [1.29, 1.82) is 0 Å². The van der Waals surface area contributed by atoms with Crippen LogP contribution < -0.4 is 4.72 Å². The maximum atomic E-state index is 14.6. The van der Waals surface area contributed by atoms with Crippen molar-refractivity contribution in [3.8, 4) is 5.69 Å². The number of rotatable bonds is 14. The second kappa shape index (κ2) is 18.6. The van der Waals surface area contributed by atoms with Gasteiger partial charge in [0.05, 0.1) is 36.9 Å². The van der Waals surface area contributed by atoms with Gasteiger partial charge in [-0.05, 0) is 92.1 Å². The molecule has 3 amide bonds. The fourth-order valence-corrected chi connectivity index (χ4v) is 9.69. The van der Waals surface area contributed by atoms with Crippen LogP contribution in [-0.4, -0.2) is 76.8 Å². The molecule has 2 aliphatic heterocycles. The average molecular weight is 892 g/mol. The van der Waals surface area contributed by atoms with E-state index in [0.717, 1.165) is 61.0 Å². The molecule has 11 nitrogen and oxygen atoms in total. The molecule has 60 heavy (non-hydrogen) atoms. The van der Waals surface area contributed by atoms with Crippen LogP contribution in [0.3, 0.4) is 0 Å². The van der Waals surface area contributed by atoms with Crippen molar-refractivity contribution in [2.24, 2.45) is 5.92 Å². The molecule has 0 bridgehead atoms. The summed E-state index contributed by atoms with van der Waals surface area (Å²) in [6.07, 6.45) is 8.79. The Kier molecular flexibility index (Phi) is 13.4. The van der Waals surface area contributed by atoms with E-state index in [1.807, 2.05) is 30.3 Å². The number of aromatic nitrogens is 2. The third-order valence-electron chi connectivity index (χ3n) is 11.6. The van der Waals surface area contributed by atoms with Crippen LogP contribution in [-0.2, 0) is 29.5 Å². The lowest BCUT2D eigenvalue weighted by atomic mass is 9.97. The van der Waals surface area contributed by atoms with Crippen LogP contribution in [0.5, 0.6) is 0 Å². The Hall–Kier alpha value is -4.62. The normalized spacial score (nSPS) is 16.2. The Labute approximate surface area is 367 Å². The van der Waals surface area contributed by atoms with Gasteiger partial charge in [0.2, 0.25) is 0 Å². The summed E-state index contributed by atoms with van der Waals surface area (Å²) in [5.74, 6) is -1.42. The lowest BCUT2D eigenvalue weighted by molar-refractivity contribution is 0.0732. The Balaban J connectivity index is 1.19. The van der Waals surface area contributed by atoms with Crippen molar-refractivity contribution < 1.29 is 22.8 Å². The number of allylic oxidation sites excluding steroid dienone is 3. The van der Waals surface area contributed by atoms with E-state index in [1.54, 1.807) is 47.1 Å². The molecule has 1 aliphatic carbocycles. The van der Waals surface area contributed by atoms with Crippen molar-refractivity contribution in [2.45, 2.75) is 78.8 Å². The molecule has 1 unspecified atom stereocenters. The topological polar surface area (TPSA) is 125 Å². The number of carbonyl (C=O) groups is 3.